The molecular formula is C7H11NO3. The van der Waals surface area contributed by atoms with E-state index in [-0.39, 0.29) is 6.54 Å². The number of likely N-dealkylation sites (tertiary alicyclic amines) is 1. The van der Waals surface area contributed by atoms with E-state index in [0.717, 1.165) is 19.3 Å². The summed E-state index contributed by atoms with van der Waals surface area (Å²) >= 11 is 0. The second kappa shape index (κ2) is 3.48. The van der Waals surface area contributed by atoms with Gasteiger partial charge < -0.3 is 9.90 Å². The Hall–Kier alpha value is -0.900. The molecule has 0 saturated carbocycles. The van der Waals surface area contributed by atoms with E-state index >= 15 is 0 Å². The predicted octanol–water partition coefficient (Wildman–Crippen LogP) is -0.266. The van der Waals surface area contributed by atoms with Gasteiger partial charge in [0.05, 0.1) is 6.54 Å². The lowest BCUT2D eigenvalue weighted by Crippen LogP contribution is -2.36. The zero-order valence-corrected chi connectivity index (χ0v) is 6.19. The number of aldehydes is 1. The minimum atomic E-state index is -0.815. The first-order valence-electron chi connectivity index (χ1n) is 3.66. The van der Waals surface area contributed by atoms with Crippen LogP contribution in [-0.4, -0.2) is 41.4 Å². The third-order valence-corrected chi connectivity index (χ3v) is 1.96. The van der Waals surface area contributed by atoms with Gasteiger partial charge in [-0.25, -0.2) is 0 Å². The van der Waals surface area contributed by atoms with Crippen molar-refractivity contribution in [2.45, 2.75) is 18.9 Å². The molecular weight excluding hydrogens is 146 g/mol. The zero-order valence-electron chi connectivity index (χ0n) is 6.19. The normalized spacial score (nSPS) is 25.3. The number of nitrogens with zero attached hydrogens (tertiary/aromatic N) is 1. The summed E-state index contributed by atoms with van der Waals surface area (Å²) in [4.78, 5) is 22.3. The van der Waals surface area contributed by atoms with Crippen molar-refractivity contribution in [3.8, 4) is 0 Å². The number of hydrogen-bond donors (Lipinski definition) is 1. The van der Waals surface area contributed by atoms with Gasteiger partial charge in [0, 0.05) is 0 Å². The fourth-order valence-electron chi connectivity index (χ4n) is 1.42. The van der Waals surface area contributed by atoms with Gasteiger partial charge in [0.15, 0.2) is 0 Å². The van der Waals surface area contributed by atoms with Gasteiger partial charge in [0.1, 0.15) is 12.3 Å². The molecule has 0 aromatic rings. The van der Waals surface area contributed by atoms with Gasteiger partial charge in [-0.05, 0) is 19.4 Å². The van der Waals surface area contributed by atoms with Crippen LogP contribution in [0.3, 0.4) is 0 Å². The largest absolute Gasteiger partial charge is 0.480 e. The zero-order chi connectivity index (χ0) is 8.27. The molecule has 0 bridgehead atoms. The number of carbonyl (C=O) groups excluding carboxylic acids is 1. The summed E-state index contributed by atoms with van der Waals surface area (Å²) in [5, 5.41) is 8.65. The number of hydrogen-bond acceptors (Lipinski definition) is 3. The minimum Gasteiger partial charge on any atom is -0.480 e. The van der Waals surface area contributed by atoms with Gasteiger partial charge >= 0.3 is 5.97 Å². The number of carboxylic acid groups (broad SMARTS) is 1. The Kier molecular flexibility index (Phi) is 2.59. The Morgan fingerprint density at radius 1 is 1.73 bits per heavy atom. The monoisotopic (exact) mass is 157 g/mol. The van der Waals surface area contributed by atoms with Crippen LogP contribution in [0.4, 0.5) is 0 Å². The van der Waals surface area contributed by atoms with Crippen molar-refractivity contribution in [3.05, 3.63) is 0 Å². The SMILES string of the molecule is O=CCN1CCCC1C(=O)O. The fourth-order valence-corrected chi connectivity index (χ4v) is 1.42. The highest BCUT2D eigenvalue weighted by Gasteiger charge is 2.29. The first-order chi connectivity index (χ1) is 5.25. The Bertz CT molecular complexity index is 169. The highest BCUT2D eigenvalue weighted by atomic mass is 16.4. The molecule has 4 heteroatoms. The van der Waals surface area contributed by atoms with E-state index in [1.165, 1.54) is 0 Å². The average molecular weight is 157 g/mol. The van der Waals surface area contributed by atoms with Crippen molar-refractivity contribution in [3.63, 3.8) is 0 Å². The molecule has 0 aliphatic carbocycles. The van der Waals surface area contributed by atoms with Crippen LogP contribution in [-0.2, 0) is 9.59 Å². The van der Waals surface area contributed by atoms with Crippen molar-refractivity contribution < 1.29 is 14.7 Å². The molecule has 1 saturated heterocycles. The summed E-state index contributed by atoms with van der Waals surface area (Å²) in [5.74, 6) is -0.815. The van der Waals surface area contributed by atoms with Crippen LogP contribution in [0.15, 0.2) is 0 Å². The number of carboxylic acids is 1. The third kappa shape index (κ3) is 1.77. The molecule has 0 aromatic heterocycles. The molecule has 0 amide bonds. The highest BCUT2D eigenvalue weighted by Crippen LogP contribution is 2.15. The van der Waals surface area contributed by atoms with E-state index in [4.69, 9.17) is 5.11 Å². The summed E-state index contributed by atoms with van der Waals surface area (Å²) in [6, 6.07) is -0.430. The topological polar surface area (TPSA) is 57.6 Å². The molecule has 1 atom stereocenters. The summed E-state index contributed by atoms with van der Waals surface area (Å²) in [6.07, 6.45) is 2.30. The van der Waals surface area contributed by atoms with Gasteiger partial charge in [-0.2, -0.15) is 0 Å². The Balaban J connectivity index is 2.50. The summed E-state index contributed by atoms with van der Waals surface area (Å²) in [7, 11) is 0. The molecule has 1 unspecified atom stereocenters. The first-order valence-corrected chi connectivity index (χ1v) is 3.66. The molecule has 0 radical (unpaired) electrons. The average Bonchev–Trinajstić information content (AvgIpc) is 2.36. The molecule has 1 aliphatic rings. The number of carbonyl (C=O) groups is 2. The van der Waals surface area contributed by atoms with Crippen LogP contribution in [0.5, 0.6) is 0 Å². The van der Waals surface area contributed by atoms with Crippen LogP contribution in [0.1, 0.15) is 12.8 Å². The molecule has 0 spiro atoms. The second-order valence-electron chi connectivity index (χ2n) is 2.66. The minimum absolute atomic E-state index is 0.247. The van der Waals surface area contributed by atoms with Crippen molar-refractivity contribution in [2.24, 2.45) is 0 Å². The molecule has 4 nitrogen and oxygen atoms in total. The van der Waals surface area contributed by atoms with Crippen LogP contribution < -0.4 is 0 Å². The van der Waals surface area contributed by atoms with Crippen molar-refractivity contribution in [2.75, 3.05) is 13.1 Å². The standard InChI is InChI=1S/C7H11NO3/c9-5-4-8-3-1-2-6(8)7(10)11/h5-6H,1-4H2,(H,10,11). The maximum absolute atomic E-state index is 10.5. The molecule has 1 rings (SSSR count). The van der Waals surface area contributed by atoms with E-state index in [2.05, 4.69) is 0 Å². The summed E-state index contributed by atoms with van der Waals surface area (Å²) in [5.41, 5.74) is 0. The number of aliphatic carboxylic acids is 1. The van der Waals surface area contributed by atoms with Gasteiger partial charge in [-0.1, -0.05) is 0 Å². The van der Waals surface area contributed by atoms with E-state index in [0.29, 0.717) is 6.42 Å². The smallest absolute Gasteiger partial charge is 0.320 e. The molecule has 1 heterocycles. The lowest BCUT2D eigenvalue weighted by atomic mass is 10.2. The van der Waals surface area contributed by atoms with Crippen LogP contribution >= 0.6 is 0 Å². The summed E-state index contributed by atoms with van der Waals surface area (Å²) in [6.45, 7) is 0.979. The van der Waals surface area contributed by atoms with Gasteiger partial charge in [-0.15, -0.1) is 0 Å². The van der Waals surface area contributed by atoms with Gasteiger partial charge in [-0.3, -0.25) is 9.69 Å². The lowest BCUT2D eigenvalue weighted by molar-refractivity contribution is -0.142. The van der Waals surface area contributed by atoms with Crippen molar-refractivity contribution in [1.29, 1.82) is 0 Å². The fraction of sp³-hybridized carbons (Fsp3) is 0.714. The van der Waals surface area contributed by atoms with E-state index in [1.807, 2.05) is 0 Å². The maximum Gasteiger partial charge on any atom is 0.320 e. The Morgan fingerprint density at radius 3 is 3.00 bits per heavy atom. The predicted molar refractivity (Wildman–Crippen MR) is 38.3 cm³/mol. The number of rotatable bonds is 3. The molecule has 0 aromatic carbocycles. The van der Waals surface area contributed by atoms with Crippen molar-refractivity contribution in [1.82, 2.24) is 4.90 Å². The van der Waals surface area contributed by atoms with Crippen molar-refractivity contribution >= 4 is 12.3 Å². The quantitative estimate of drug-likeness (QED) is 0.573. The first kappa shape index (κ1) is 8.20. The second-order valence-corrected chi connectivity index (χ2v) is 2.66. The van der Waals surface area contributed by atoms with Crippen LogP contribution in [0.25, 0.3) is 0 Å². The third-order valence-electron chi connectivity index (χ3n) is 1.96. The maximum atomic E-state index is 10.5. The molecule has 62 valence electrons. The van der Waals surface area contributed by atoms with Crippen LogP contribution in [0.2, 0.25) is 0 Å². The van der Waals surface area contributed by atoms with Gasteiger partial charge in [0.2, 0.25) is 0 Å². The van der Waals surface area contributed by atoms with Crippen LogP contribution in [0, 0.1) is 0 Å². The van der Waals surface area contributed by atoms with Gasteiger partial charge in [0.25, 0.3) is 0 Å². The Labute approximate surface area is 64.8 Å². The van der Waals surface area contributed by atoms with E-state index in [9.17, 15) is 9.59 Å². The van der Waals surface area contributed by atoms with E-state index < -0.39 is 12.0 Å². The summed E-state index contributed by atoms with van der Waals surface area (Å²) < 4.78 is 0. The Morgan fingerprint density at radius 2 is 2.45 bits per heavy atom. The highest BCUT2D eigenvalue weighted by molar-refractivity contribution is 5.74. The van der Waals surface area contributed by atoms with E-state index in [1.54, 1.807) is 4.90 Å². The lowest BCUT2D eigenvalue weighted by Gasteiger charge is -2.16. The molecule has 1 N–H and O–H groups in total. The molecule has 11 heavy (non-hydrogen) atoms. The molecule has 1 fully saturated rings. The molecule has 1 aliphatic heterocycles.